The number of benzene rings is 1. The Kier molecular flexibility index (Phi) is 5.20. The Morgan fingerprint density at radius 1 is 1.18 bits per heavy atom. The fourth-order valence-corrected chi connectivity index (χ4v) is 4.81. The van der Waals surface area contributed by atoms with Crippen LogP contribution in [0.5, 0.6) is 0 Å². The normalized spacial score (nSPS) is 14.8. The van der Waals surface area contributed by atoms with Gasteiger partial charge in [0.15, 0.2) is 15.7 Å². The van der Waals surface area contributed by atoms with Crippen LogP contribution in [0.4, 0.5) is 10.2 Å². The fraction of sp³-hybridized carbons (Fsp3) is 0.273. The molecule has 170 valence electrons. The first-order chi connectivity index (χ1) is 15.8. The van der Waals surface area contributed by atoms with Crippen molar-refractivity contribution >= 4 is 15.7 Å². The summed E-state index contributed by atoms with van der Waals surface area (Å²) in [4.78, 5) is 8.82. The van der Waals surface area contributed by atoms with Crippen LogP contribution in [0.2, 0.25) is 0 Å². The molecule has 0 bridgehead atoms. The zero-order chi connectivity index (χ0) is 23.1. The van der Waals surface area contributed by atoms with Gasteiger partial charge in [0.1, 0.15) is 29.3 Å². The highest BCUT2D eigenvalue weighted by Gasteiger charge is 2.51. The lowest BCUT2D eigenvalue weighted by atomic mass is 10.2. The van der Waals surface area contributed by atoms with Gasteiger partial charge in [-0.1, -0.05) is 23.4 Å². The van der Waals surface area contributed by atoms with Gasteiger partial charge in [-0.2, -0.15) is 5.10 Å². The van der Waals surface area contributed by atoms with E-state index in [1.165, 1.54) is 18.6 Å². The zero-order valence-corrected chi connectivity index (χ0v) is 18.6. The van der Waals surface area contributed by atoms with Gasteiger partial charge in [0.25, 0.3) is 0 Å². The van der Waals surface area contributed by atoms with Crippen molar-refractivity contribution in [3.63, 3.8) is 0 Å². The maximum absolute atomic E-state index is 14.3. The van der Waals surface area contributed by atoms with Gasteiger partial charge in [0.2, 0.25) is 0 Å². The number of hydrogen-bond acceptors (Lipinski definition) is 8. The molecule has 4 aromatic rings. The molecule has 33 heavy (non-hydrogen) atoms. The summed E-state index contributed by atoms with van der Waals surface area (Å²) in [6, 6.07) is 11.6. The summed E-state index contributed by atoms with van der Waals surface area (Å²) in [5, 5.41) is 11.7. The Hall–Kier alpha value is -3.60. The van der Waals surface area contributed by atoms with Crippen molar-refractivity contribution in [1.82, 2.24) is 24.9 Å². The topological polar surface area (TPSA) is 116 Å². The Balaban J connectivity index is 1.45. The molecule has 1 aromatic carbocycles. The number of hydrogen-bond donors (Lipinski definition) is 1. The fourth-order valence-electron chi connectivity index (χ4n) is 3.64. The highest BCUT2D eigenvalue weighted by Crippen LogP contribution is 2.43. The maximum atomic E-state index is 14.3. The number of nitrogens with one attached hydrogen (secondary N) is 1. The summed E-state index contributed by atoms with van der Waals surface area (Å²) in [6.45, 7) is 0.470. The van der Waals surface area contributed by atoms with Crippen LogP contribution in [0.15, 0.2) is 59.4 Å². The van der Waals surface area contributed by atoms with Crippen LogP contribution in [0.1, 0.15) is 18.4 Å². The second kappa shape index (κ2) is 8.07. The van der Waals surface area contributed by atoms with Gasteiger partial charge in [0, 0.05) is 30.6 Å². The van der Waals surface area contributed by atoms with Crippen molar-refractivity contribution in [2.75, 3.05) is 18.1 Å². The molecule has 1 N–H and O–H groups in total. The molecular weight excluding hydrogens is 447 g/mol. The lowest BCUT2D eigenvalue weighted by molar-refractivity contribution is 0.421. The summed E-state index contributed by atoms with van der Waals surface area (Å²) in [5.41, 5.74) is 2.11. The molecule has 0 radical (unpaired) electrons. The molecular formula is C22H21FN6O3S. The summed E-state index contributed by atoms with van der Waals surface area (Å²) in [5.74, 6) is 0.519. The average molecular weight is 469 g/mol. The Bertz CT molecular complexity index is 1400. The van der Waals surface area contributed by atoms with Crippen LogP contribution >= 0.6 is 0 Å². The first-order valence-corrected chi connectivity index (χ1v) is 12.2. The minimum absolute atomic E-state index is 0.184. The molecule has 11 heteroatoms. The molecule has 3 aromatic heterocycles. The lowest BCUT2D eigenvalue weighted by Crippen LogP contribution is -2.30. The molecule has 0 saturated heterocycles. The second-order valence-electron chi connectivity index (χ2n) is 8.12. The van der Waals surface area contributed by atoms with Gasteiger partial charge in [0.05, 0.1) is 17.0 Å². The van der Waals surface area contributed by atoms with E-state index in [9.17, 15) is 12.8 Å². The number of rotatable bonds is 8. The number of sulfone groups is 1. The Morgan fingerprint density at radius 3 is 2.70 bits per heavy atom. The zero-order valence-electron chi connectivity index (χ0n) is 17.8. The van der Waals surface area contributed by atoms with Crippen molar-refractivity contribution < 1.29 is 17.3 Å². The molecule has 0 spiro atoms. The van der Waals surface area contributed by atoms with Crippen molar-refractivity contribution in [1.29, 1.82) is 0 Å². The minimum Gasteiger partial charge on any atom is -0.368 e. The van der Waals surface area contributed by atoms with Gasteiger partial charge in [-0.05, 0) is 31.0 Å². The standard InChI is InChI=1S/C22H21FN6O3S/c1-33(30,31)22(8-9-22)14-25-20-6-10-24-21(26-20)18-12-19(17-7-11-32-28-17)29(27-18)13-15-4-2-3-5-16(15)23/h2-7,10-12H,8-9,13-14H2,1H3,(H,24,25,26). The third kappa shape index (κ3) is 4.23. The largest absolute Gasteiger partial charge is 0.368 e. The molecule has 1 fully saturated rings. The van der Waals surface area contributed by atoms with E-state index in [2.05, 4.69) is 25.5 Å². The summed E-state index contributed by atoms with van der Waals surface area (Å²) in [6.07, 6.45) is 5.57. The van der Waals surface area contributed by atoms with Crippen LogP contribution in [-0.2, 0) is 16.4 Å². The highest BCUT2D eigenvalue weighted by molar-refractivity contribution is 7.92. The third-order valence-corrected chi connectivity index (χ3v) is 7.95. The van der Waals surface area contributed by atoms with Crippen molar-refractivity contribution in [2.45, 2.75) is 24.1 Å². The molecule has 1 saturated carbocycles. The first kappa shape index (κ1) is 21.3. The summed E-state index contributed by atoms with van der Waals surface area (Å²) in [7, 11) is -3.15. The number of aromatic nitrogens is 5. The van der Waals surface area contributed by atoms with Crippen LogP contribution in [-0.4, -0.2) is 50.9 Å². The Labute approximate surface area is 189 Å². The quantitative estimate of drug-likeness (QED) is 0.419. The molecule has 0 atom stereocenters. The molecule has 1 aliphatic carbocycles. The second-order valence-corrected chi connectivity index (χ2v) is 10.5. The van der Waals surface area contributed by atoms with Gasteiger partial charge in [-0.15, -0.1) is 0 Å². The van der Waals surface area contributed by atoms with Crippen LogP contribution in [0.25, 0.3) is 22.9 Å². The van der Waals surface area contributed by atoms with Gasteiger partial charge in [-0.3, -0.25) is 4.68 Å². The van der Waals surface area contributed by atoms with Gasteiger partial charge < -0.3 is 9.84 Å². The molecule has 0 unspecified atom stereocenters. The van der Waals surface area contributed by atoms with Crippen molar-refractivity contribution in [2.24, 2.45) is 0 Å². The van der Waals surface area contributed by atoms with E-state index in [0.717, 1.165) is 0 Å². The Morgan fingerprint density at radius 2 is 2.00 bits per heavy atom. The van der Waals surface area contributed by atoms with Gasteiger partial charge >= 0.3 is 0 Å². The molecule has 0 amide bonds. The van der Waals surface area contributed by atoms with E-state index in [1.807, 2.05) is 0 Å². The van der Waals surface area contributed by atoms with E-state index in [1.54, 1.807) is 47.3 Å². The van der Waals surface area contributed by atoms with E-state index in [-0.39, 0.29) is 18.9 Å². The molecule has 5 rings (SSSR count). The van der Waals surface area contributed by atoms with Crippen LogP contribution in [0, 0.1) is 5.82 Å². The maximum Gasteiger partial charge on any atom is 0.182 e. The van der Waals surface area contributed by atoms with Crippen LogP contribution in [0.3, 0.4) is 0 Å². The highest BCUT2D eigenvalue weighted by atomic mass is 32.2. The number of anilines is 1. The smallest absolute Gasteiger partial charge is 0.182 e. The molecule has 0 aliphatic heterocycles. The van der Waals surface area contributed by atoms with E-state index >= 15 is 0 Å². The van der Waals surface area contributed by atoms with E-state index in [4.69, 9.17) is 4.52 Å². The monoisotopic (exact) mass is 468 g/mol. The number of nitrogens with zero attached hydrogens (tertiary/aromatic N) is 5. The third-order valence-electron chi connectivity index (χ3n) is 5.83. The van der Waals surface area contributed by atoms with E-state index in [0.29, 0.717) is 47.1 Å². The van der Waals surface area contributed by atoms with Crippen molar-refractivity contribution in [3.05, 3.63) is 66.3 Å². The van der Waals surface area contributed by atoms with Crippen LogP contribution < -0.4 is 5.32 Å². The average Bonchev–Trinajstić information content (AvgIpc) is 3.21. The SMILES string of the molecule is CS(=O)(=O)C1(CNc2ccnc(-c3cc(-c4ccon4)n(Cc4ccccc4F)n3)n2)CC1. The first-order valence-electron chi connectivity index (χ1n) is 10.3. The van der Waals surface area contributed by atoms with Gasteiger partial charge in [-0.25, -0.2) is 22.8 Å². The molecule has 3 heterocycles. The predicted octanol–water partition coefficient (Wildman–Crippen LogP) is 3.17. The minimum atomic E-state index is -3.15. The summed E-state index contributed by atoms with van der Waals surface area (Å²) >= 11 is 0. The summed E-state index contributed by atoms with van der Waals surface area (Å²) < 4.78 is 44.2. The lowest BCUT2D eigenvalue weighted by Gasteiger charge is -2.14. The molecule has 9 nitrogen and oxygen atoms in total. The number of halogens is 1. The molecule has 1 aliphatic rings. The predicted molar refractivity (Wildman–Crippen MR) is 120 cm³/mol. The van der Waals surface area contributed by atoms with E-state index < -0.39 is 14.6 Å². The van der Waals surface area contributed by atoms with Crippen molar-refractivity contribution in [3.8, 4) is 22.9 Å².